The zero-order chi connectivity index (χ0) is 14.6. The second-order valence-corrected chi connectivity index (χ2v) is 6.21. The molecule has 0 aromatic heterocycles. The third-order valence-electron chi connectivity index (χ3n) is 2.38. The number of nitrogens with one attached hydrogen (secondary N) is 1. The van der Waals surface area contributed by atoms with Gasteiger partial charge in [-0.3, -0.25) is 9.79 Å². The first-order chi connectivity index (χ1) is 9.45. The van der Waals surface area contributed by atoms with Crippen LogP contribution in [0.4, 0.5) is 18.9 Å². The largest absolute Gasteiger partial charge is 0.416 e. The van der Waals surface area contributed by atoms with Crippen LogP contribution in [0.25, 0.3) is 0 Å². The van der Waals surface area contributed by atoms with Gasteiger partial charge in [-0.1, -0.05) is 23.5 Å². The van der Waals surface area contributed by atoms with Crippen molar-refractivity contribution in [3.8, 4) is 0 Å². The number of nitrogens with zero attached hydrogens (tertiary/aromatic N) is 1. The van der Waals surface area contributed by atoms with Crippen molar-refractivity contribution in [3.05, 3.63) is 29.8 Å². The molecule has 1 aliphatic rings. The van der Waals surface area contributed by atoms with E-state index >= 15 is 0 Å². The monoisotopic (exact) mass is 320 g/mol. The van der Waals surface area contributed by atoms with Crippen LogP contribution < -0.4 is 5.32 Å². The number of carbonyl (C=O) groups excluding carboxylic acids is 1. The Morgan fingerprint density at radius 2 is 2.05 bits per heavy atom. The summed E-state index contributed by atoms with van der Waals surface area (Å²) in [5, 5.41) is 2.55. The molecule has 8 heteroatoms. The summed E-state index contributed by atoms with van der Waals surface area (Å²) in [7, 11) is 0. The highest BCUT2D eigenvalue weighted by molar-refractivity contribution is 8.39. The molecule has 108 valence electrons. The summed E-state index contributed by atoms with van der Waals surface area (Å²) in [6.07, 6.45) is -4.36. The first-order valence-corrected chi connectivity index (χ1v) is 7.69. The van der Waals surface area contributed by atoms with Crippen molar-refractivity contribution in [3.63, 3.8) is 0 Å². The molecule has 20 heavy (non-hydrogen) atoms. The fraction of sp³-hybridized carbons (Fsp3) is 0.333. The second-order valence-electron chi connectivity index (χ2n) is 3.91. The Hall–Kier alpha value is -1.15. The molecular formula is C12H11F3N2OS2. The van der Waals surface area contributed by atoms with E-state index in [1.165, 1.54) is 23.9 Å². The Morgan fingerprint density at radius 3 is 2.60 bits per heavy atom. The predicted molar refractivity (Wildman–Crippen MR) is 77.3 cm³/mol. The van der Waals surface area contributed by atoms with Crippen LogP contribution in [0.3, 0.4) is 0 Å². The van der Waals surface area contributed by atoms with Crippen molar-refractivity contribution in [1.29, 1.82) is 0 Å². The number of hydrogen-bond acceptors (Lipinski definition) is 4. The molecule has 0 aliphatic carbocycles. The first-order valence-electron chi connectivity index (χ1n) is 5.72. The van der Waals surface area contributed by atoms with Crippen LogP contribution in [0, 0.1) is 0 Å². The Balaban J connectivity index is 1.84. The maximum Gasteiger partial charge on any atom is 0.416 e. The molecule has 0 unspecified atom stereocenters. The van der Waals surface area contributed by atoms with Crippen LogP contribution in [0.15, 0.2) is 29.3 Å². The zero-order valence-electron chi connectivity index (χ0n) is 10.2. The molecule has 0 spiro atoms. The molecule has 1 aromatic carbocycles. The van der Waals surface area contributed by atoms with E-state index in [0.717, 1.165) is 28.8 Å². The Kier molecular flexibility index (Phi) is 4.98. The number of carbonyl (C=O) groups is 1. The fourth-order valence-corrected chi connectivity index (χ4v) is 3.28. The van der Waals surface area contributed by atoms with Crippen LogP contribution in [0.5, 0.6) is 0 Å². The summed E-state index contributed by atoms with van der Waals surface area (Å²) < 4.78 is 38.0. The number of rotatable bonds is 3. The van der Waals surface area contributed by atoms with E-state index < -0.39 is 11.7 Å². The summed E-state index contributed by atoms with van der Waals surface area (Å²) in [6.45, 7) is 0.771. The number of aliphatic imine (C=N–C) groups is 1. The van der Waals surface area contributed by atoms with Crippen LogP contribution in [0.1, 0.15) is 5.56 Å². The van der Waals surface area contributed by atoms with Crippen LogP contribution in [-0.4, -0.2) is 28.3 Å². The van der Waals surface area contributed by atoms with Gasteiger partial charge in [0.25, 0.3) is 0 Å². The minimum Gasteiger partial charge on any atom is -0.325 e. The first kappa shape index (κ1) is 15.2. The highest BCUT2D eigenvalue weighted by Crippen LogP contribution is 2.29. The molecule has 0 radical (unpaired) electrons. The highest BCUT2D eigenvalue weighted by Gasteiger charge is 2.29. The smallest absolute Gasteiger partial charge is 0.325 e. The lowest BCUT2D eigenvalue weighted by Crippen LogP contribution is -2.15. The third kappa shape index (κ3) is 4.45. The lowest BCUT2D eigenvalue weighted by molar-refractivity contribution is -0.137. The number of benzene rings is 1. The molecule has 1 aliphatic heterocycles. The van der Waals surface area contributed by atoms with Crippen molar-refractivity contribution in [2.75, 3.05) is 23.4 Å². The minimum absolute atomic E-state index is 0.201. The second kappa shape index (κ2) is 6.53. The average molecular weight is 320 g/mol. The number of anilines is 1. The van der Waals surface area contributed by atoms with E-state index in [0.29, 0.717) is 5.69 Å². The van der Waals surface area contributed by atoms with Crippen molar-refractivity contribution in [2.24, 2.45) is 4.99 Å². The van der Waals surface area contributed by atoms with Gasteiger partial charge in [0.15, 0.2) is 0 Å². The molecule has 1 heterocycles. The van der Waals surface area contributed by atoms with Crippen molar-refractivity contribution in [2.45, 2.75) is 6.18 Å². The Morgan fingerprint density at radius 1 is 1.35 bits per heavy atom. The van der Waals surface area contributed by atoms with Gasteiger partial charge >= 0.3 is 6.18 Å². The predicted octanol–water partition coefficient (Wildman–Crippen LogP) is 3.48. The van der Waals surface area contributed by atoms with Crippen molar-refractivity contribution < 1.29 is 18.0 Å². The molecule has 2 rings (SSSR count). The van der Waals surface area contributed by atoms with Gasteiger partial charge in [0.1, 0.15) is 4.38 Å². The minimum atomic E-state index is -4.36. The fourth-order valence-electron chi connectivity index (χ4n) is 1.47. The van der Waals surface area contributed by atoms with Crippen LogP contribution in [0.2, 0.25) is 0 Å². The topological polar surface area (TPSA) is 41.5 Å². The van der Waals surface area contributed by atoms with E-state index in [1.54, 1.807) is 11.8 Å². The molecular weight excluding hydrogens is 309 g/mol. The molecule has 0 saturated carbocycles. The van der Waals surface area contributed by atoms with E-state index in [2.05, 4.69) is 10.3 Å². The van der Waals surface area contributed by atoms with Gasteiger partial charge < -0.3 is 5.32 Å². The summed E-state index contributed by atoms with van der Waals surface area (Å²) in [4.78, 5) is 15.8. The van der Waals surface area contributed by atoms with E-state index in [9.17, 15) is 18.0 Å². The average Bonchev–Trinajstić information content (AvgIpc) is 2.89. The third-order valence-corrected chi connectivity index (χ3v) is 4.63. The summed E-state index contributed by atoms with van der Waals surface area (Å²) in [6, 6.07) is 4.37. The van der Waals surface area contributed by atoms with Gasteiger partial charge in [0, 0.05) is 11.4 Å². The standard InChI is InChI=1S/C12H11F3N2OS2/c13-12(14,15)8-1-3-9(4-2-8)17-10(18)7-20-11-16-5-6-19-11/h1-4H,5-7H2,(H,17,18). The molecule has 1 N–H and O–H groups in total. The van der Waals surface area contributed by atoms with E-state index in [1.807, 2.05) is 0 Å². The molecule has 0 fully saturated rings. The van der Waals surface area contributed by atoms with E-state index in [4.69, 9.17) is 0 Å². The van der Waals surface area contributed by atoms with Gasteiger partial charge in [-0.2, -0.15) is 13.2 Å². The molecule has 3 nitrogen and oxygen atoms in total. The van der Waals surface area contributed by atoms with E-state index in [-0.39, 0.29) is 11.7 Å². The SMILES string of the molecule is O=C(CSC1=NCCS1)Nc1ccc(C(F)(F)F)cc1. The molecule has 1 aromatic rings. The van der Waals surface area contributed by atoms with Crippen LogP contribution >= 0.6 is 23.5 Å². The number of alkyl halides is 3. The molecule has 0 atom stereocenters. The Labute approximate surface area is 122 Å². The lowest BCUT2D eigenvalue weighted by Gasteiger charge is -2.08. The normalized spacial score (nSPS) is 15.1. The molecule has 0 bridgehead atoms. The highest BCUT2D eigenvalue weighted by atomic mass is 32.2. The lowest BCUT2D eigenvalue weighted by atomic mass is 10.2. The quantitative estimate of drug-likeness (QED) is 0.927. The maximum atomic E-state index is 12.4. The van der Waals surface area contributed by atoms with Crippen molar-refractivity contribution in [1.82, 2.24) is 0 Å². The van der Waals surface area contributed by atoms with Gasteiger partial charge in [-0.25, -0.2) is 0 Å². The maximum absolute atomic E-state index is 12.4. The summed E-state index contributed by atoms with van der Waals surface area (Å²) >= 11 is 2.94. The van der Waals surface area contributed by atoms with Gasteiger partial charge in [-0.05, 0) is 24.3 Å². The number of hydrogen-bond donors (Lipinski definition) is 1. The number of amides is 1. The van der Waals surface area contributed by atoms with Crippen molar-refractivity contribution >= 4 is 39.5 Å². The Bertz CT molecular complexity index is 514. The van der Waals surface area contributed by atoms with Gasteiger partial charge in [-0.15, -0.1) is 0 Å². The molecule has 1 amide bonds. The summed E-state index contributed by atoms with van der Waals surface area (Å²) in [5.41, 5.74) is -0.383. The van der Waals surface area contributed by atoms with Gasteiger partial charge in [0.05, 0.1) is 17.9 Å². The zero-order valence-corrected chi connectivity index (χ0v) is 11.9. The van der Waals surface area contributed by atoms with Gasteiger partial charge in [0.2, 0.25) is 5.91 Å². The molecule has 0 saturated heterocycles. The number of halogens is 3. The number of thioether (sulfide) groups is 2. The summed E-state index contributed by atoms with van der Waals surface area (Å²) in [5.74, 6) is 0.875. The van der Waals surface area contributed by atoms with Crippen LogP contribution in [-0.2, 0) is 11.0 Å².